The van der Waals surface area contributed by atoms with Crippen LogP contribution in [0.15, 0.2) is 30.3 Å². The van der Waals surface area contributed by atoms with Gasteiger partial charge in [-0.15, -0.1) is 0 Å². The van der Waals surface area contributed by atoms with Gasteiger partial charge in [0, 0.05) is 25.0 Å². The lowest BCUT2D eigenvalue weighted by Crippen LogP contribution is -2.21. The average molecular weight is 283 g/mol. The predicted octanol–water partition coefficient (Wildman–Crippen LogP) is 3.58. The molecule has 3 heteroatoms. The third-order valence-electron chi connectivity index (χ3n) is 4.54. The fourth-order valence-corrected chi connectivity index (χ4v) is 3.17. The van der Waals surface area contributed by atoms with Crippen LogP contribution in [-0.4, -0.2) is 24.6 Å². The van der Waals surface area contributed by atoms with Gasteiger partial charge in [0.2, 0.25) is 0 Å². The van der Waals surface area contributed by atoms with E-state index in [9.17, 15) is 0 Å². The van der Waals surface area contributed by atoms with Crippen molar-refractivity contribution in [3.05, 3.63) is 35.9 Å². The lowest BCUT2D eigenvalue weighted by molar-refractivity contribution is 0.569. The van der Waals surface area contributed by atoms with Gasteiger partial charge >= 0.3 is 0 Å². The molecule has 3 nitrogen and oxygen atoms in total. The highest BCUT2D eigenvalue weighted by Gasteiger charge is 2.22. The van der Waals surface area contributed by atoms with Crippen molar-refractivity contribution in [3.63, 3.8) is 0 Å². The summed E-state index contributed by atoms with van der Waals surface area (Å²) in [7, 11) is 0. The minimum Gasteiger partial charge on any atom is -0.356 e. The zero-order valence-corrected chi connectivity index (χ0v) is 13.1. The average Bonchev–Trinajstić information content (AvgIpc) is 3.01. The van der Waals surface area contributed by atoms with Gasteiger partial charge in [-0.2, -0.15) is 0 Å². The standard InChI is InChI=1S/C18H25N3/c1-3-14-9-10-21(13-14)18-11-15(12-19-4-2)16-7-5-6-8-17(16)20-18/h5-8,11,14,19H,3-4,9-10,12-13H2,1-2H3. The molecule has 1 aromatic carbocycles. The molecule has 0 spiro atoms. The first-order valence-electron chi connectivity index (χ1n) is 8.16. The van der Waals surface area contributed by atoms with Gasteiger partial charge in [-0.1, -0.05) is 38.5 Å². The number of rotatable bonds is 5. The normalized spacial score (nSPS) is 18.6. The summed E-state index contributed by atoms with van der Waals surface area (Å²) >= 11 is 0. The van der Waals surface area contributed by atoms with Crippen molar-refractivity contribution in [1.82, 2.24) is 10.3 Å². The predicted molar refractivity (Wildman–Crippen MR) is 89.7 cm³/mol. The van der Waals surface area contributed by atoms with Crippen LogP contribution in [-0.2, 0) is 6.54 Å². The number of pyridine rings is 1. The van der Waals surface area contributed by atoms with Crippen LogP contribution in [0.25, 0.3) is 10.9 Å². The second kappa shape index (κ2) is 6.44. The molecule has 2 aromatic rings. The van der Waals surface area contributed by atoms with E-state index in [4.69, 9.17) is 4.98 Å². The topological polar surface area (TPSA) is 28.2 Å². The molecule has 0 bridgehead atoms. The SMILES string of the molecule is CCNCc1cc(N2CCC(CC)C2)nc2ccccc12. The first-order valence-corrected chi connectivity index (χ1v) is 8.16. The Morgan fingerprint density at radius 1 is 1.29 bits per heavy atom. The summed E-state index contributed by atoms with van der Waals surface area (Å²) in [5.74, 6) is 1.98. The Morgan fingerprint density at radius 2 is 2.14 bits per heavy atom. The van der Waals surface area contributed by atoms with Crippen molar-refractivity contribution in [2.24, 2.45) is 5.92 Å². The number of nitrogens with one attached hydrogen (secondary N) is 1. The highest BCUT2D eigenvalue weighted by Crippen LogP contribution is 2.28. The van der Waals surface area contributed by atoms with E-state index in [1.54, 1.807) is 0 Å². The number of aromatic nitrogens is 1. The molecule has 1 aromatic heterocycles. The maximum Gasteiger partial charge on any atom is 0.129 e. The number of anilines is 1. The minimum atomic E-state index is 0.829. The molecular weight excluding hydrogens is 258 g/mol. The zero-order valence-electron chi connectivity index (χ0n) is 13.1. The van der Waals surface area contributed by atoms with E-state index in [-0.39, 0.29) is 0 Å². The van der Waals surface area contributed by atoms with Gasteiger partial charge in [0.05, 0.1) is 5.52 Å². The third-order valence-corrected chi connectivity index (χ3v) is 4.54. The molecule has 2 heterocycles. The molecule has 0 amide bonds. The number of fused-ring (bicyclic) bond motifs is 1. The fraction of sp³-hybridized carbons (Fsp3) is 0.500. The Bertz CT molecular complexity index is 608. The summed E-state index contributed by atoms with van der Waals surface area (Å²) in [6.07, 6.45) is 2.57. The van der Waals surface area contributed by atoms with E-state index < -0.39 is 0 Å². The number of benzene rings is 1. The second-order valence-electron chi connectivity index (χ2n) is 5.95. The zero-order chi connectivity index (χ0) is 14.7. The van der Waals surface area contributed by atoms with E-state index in [0.717, 1.165) is 43.4 Å². The summed E-state index contributed by atoms with van der Waals surface area (Å²) in [4.78, 5) is 7.35. The molecule has 1 fully saturated rings. The van der Waals surface area contributed by atoms with Gasteiger partial charge in [0.15, 0.2) is 0 Å². The molecule has 1 aliphatic rings. The van der Waals surface area contributed by atoms with Crippen molar-refractivity contribution in [2.45, 2.75) is 33.2 Å². The van der Waals surface area contributed by atoms with Crippen LogP contribution >= 0.6 is 0 Å². The first-order chi connectivity index (χ1) is 10.3. The third kappa shape index (κ3) is 3.03. The Balaban J connectivity index is 1.95. The monoisotopic (exact) mass is 283 g/mol. The summed E-state index contributed by atoms with van der Waals surface area (Å²) in [6, 6.07) is 10.8. The van der Waals surface area contributed by atoms with Crippen molar-refractivity contribution in [2.75, 3.05) is 24.5 Å². The van der Waals surface area contributed by atoms with Gasteiger partial charge in [-0.25, -0.2) is 4.98 Å². The summed E-state index contributed by atoms with van der Waals surface area (Å²) in [5, 5.41) is 4.72. The smallest absolute Gasteiger partial charge is 0.129 e. The molecule has 1 saturated heterocycles. The second-order valence-corrected chi connectivity index (χ2v) is 5.95. The summed E-state index contributed by atoms with van der Waals surface area (Å²) in [5.41, 5.74) is 2.47. The Hall–Kier alpha value is -1.61. The van der Waals surface area contributed by atoms with E-state index >= 15 is 0 Å². The number of hydrogen-bond donors (Lipinski definition) is 1. The Kier molecular flexibility index (Phi) is 4.39. The largest absolute Gasteiger partial charge is 0.356 e. The molecular formula is C18H25N3. The van der Waals surface area contributed by atoms with Gasteiger partial charge < -0.3 is 10.2 Å². The maximum atomic E-state index is 4.89. The van der Waals surface area contributed by atoms with Crippen molar-refractivity contribution < 1.29 is 0 Å². The number of nitrogens with zero attached hydrogens (tertiary/aromatic N) is 2. The van der Waals surface area contributed by atoms with Crippen LogP contribution in [0.3, 0.4) is 0 Å². The molecule has 3 rings (SSSR count). The molecule has 1 unspecified atom stereocenters. The highest BCUT2D eigenvalue weighted by molar-refractivity contribution is 5.84. The number of hydrogen-bond acceptors (Lipinski definition) is 3. The lowest BCUT2D eigenvalue weighted by atomic mass is 10.1. The summed E-state index contributed by atoms with van der Waals surface area (Å²) in [6.45, 7) is 8.65. The van der Waals surface area contributed by atoms with Crippen LogP contribution in [0, 0.1) is 5.92 Å². The van der Waals surface area contributed by atoms with E-state index in [2.05, 4.69) is 54.4 Å². The minimum absolute atomic E-state index is 0.829. The van der Waals surface area contributed by atoms with Gasteiger partial charge in [0.1, 0.15) is 5.82 Å². The molecule has 0 saturated carbocycles. The summed E-state index contributed by atoms with van der Waals surface area (Å²) < 4.78 is 0. The molecule has 0 radical (unpaired) electrons. The van der Waals surface area contributed by atoms with Crippen molar-refractivity contribution >= 4 is 16.7 Å². The molecule has 1 aliphatic heterocycles. The molecule has 1 N–H and O–H groups in total. The van der Waals surface area contributed by atoms with Crippen LogP contribution in [0.5, 0.6) is 0 Å². The van der Waals surface area contributed by atoms with Crippen molar-refractivity contribution in [3.8, 4) is 0 Å². The van der Waals surface area contributed by atoms with Gasteiger partial charge in [0.25, 0.3) is 0 Å². The van der Waals surface area contributed by atoms with E-state index in [1.165, 1.54) is 23.8 Å². The van der Waals surface area contributed by atoms with Gasteiger partial charge in [-0.3, -0.25) is 0 Å². The van der Waals surface area contributed by atoms with E-state index in [0.29, 0.717) is 0 Å². The van der Waals surface area contributed by atoms with Crippen LogP contribution < -0.4 is 10.2 Å². The molecule has 21 heavy (non-hydrogen) atoms. The Morgan fingerprint density at radius 3 is 2.90 bits per heavy atom. The van der Waals surface area contributed by atoms with Crippen LogP contribution in [0.2, 0.25) is 0 Å². The quantitative estimate of drug-likeness (QED) is 0.909. The fourth-order valence-electron chi connectivity index (χ4n) is 3.17. The van der Waals surface area contributed by atoms with Crippen LogP contribution in [0.1, 0.15) is 32.3 Å². The highest BCUT2D eigenvalue weighted by atomic mass is 15.2. The van der Waals surface area contributed by atoms with Crippen LogP contribution in [0.4, 0.5) is 5.82 Å². The molecule has 112 valence electrons. The maximum absolute atomic E-state index is 4.89. The van der Waals surface area contributed by atoms with Crippen molar-refractivity contribution in [1.29, 1.82) is 0 Å². The number of para-hydroxylation sites is 1. The molecule has 1 atom stereocenters. The Labute approximate surface area is 127 Å². The molecule has 0 aliphatic carbocycles. The first kappa shape index (κ1) is 14.3. The van der Waals surface area contributed by atoms with E-state index in [1.807, 2.05) is 0 Å². The lowest BCUT2D eigenvalue weighted by Gasteiger charge is -2.19. The van der Waals surface area contributed by atoms with Gasteiger partial charge in [-0.05, 0) is 36.6 Å².